The molecule has 0 saturated heterocycles. The van der Waals surface area contributed by atoms with Crippen LogP contribution >= 0.6 is 15.9 Å². The monoisotopic (exact) mass is 405 g/mol. The summed E-state index contributed by atoms with van der Waals surface area (Å²) in [4.78, 5) is 33.5. The van der Waals surface area contributed by atoms with E-state index in [0.717, 1.165) is 4.57 Å². The van der Waals surface area contributed by atoms with Crippen molar-refractivity contribution in [2.75, 3.05) is 6.61 Å². The van der Waals surface area contributed by atoms with E-state index < -0.39 is 23.4 Å². The summed E-state index contributed by atoms with van der Waals surface area (Å²) in [5.41, 5.74) is -0.183. The molecule has 1 atom stereocenters. The number of fused-ring (bicyclic) bond motifs is 1. The third-order valence-corrected chi connectivity index (χ3v) is 4.21. The summed E-state index contributed by atoms with van der Waals surface area (Å²) in [5.74, 6) is -1.40. The van der Waals surface area contributed by atoms with Crippen LogP contribution in [0.5, 0.6) is 0 Å². The Hall–Kier alpha value is -2.61. The van der Waals surface area contributed by atoms with Gasteiger partial charge in [0.2, 0.25) is 0 Å². The zero-order valence-corrected chi connectivity index (χ0v) is 14.7. The normalized spacial score (nSPS) is 12.1. The maximum atomic E-state index is 14.4. The van der Waals surface area contributed by atoms with Gasteiger partial charge < -0.3 is 4.74 Å². The molecule has 0 saturated carbocycles. The molecule has 0 amide bonds. The Morgan fingerprint density at radius 1 is 1.32 bits per heavy atom. The molecule has 0 aliphatic rings. The van der Waals surface area contributed by atoms with Crippen LogP contribution in [-0.2, 0) is 9.53 Å². The van der Waals surface area contributed by atoms with Crippen LogP contribution in [0.15, 0.2) is 52.1 Å². The fourth-order valence-electron chi connectivity index (χ4n) is 2.48. The lowest BCUT2D eigenvalue weighted by atomic mass is 10.1. The lowest BCUT2D eigenvalue weighted by Gasteiger charge is -2.18. The van der Waals surface area contributed by atoms with Crippen LogP contribution in [0, 0.1) is 5.82 Å². The van der Waals surface area contributed by atoms with E-state index in [1.165, 1.54) is 24.7 Å². The van der Waals surface area contributed by atoms with Gasteiger partial charge in [-0.15, -0.1) is 0 Å². The first-order valence-electron chi connectivity index (χ1n) is 7.47. The van der Waals surface area contributed by atoms with Gasteiger partial charge in [0.05, 0.1) is 28.6 Å². The molecule has 0 aliphatic carbocycles. The van der Waals surface area contributed by atoms with Crippen LogP contribution in [0.25, 0.3) is 10.9 Å². The van der Waals surface area contributed by atoms with Crippen LogP contribution in [0.2, 0.25) is 0 Å². The smallest absolute Gasteiger partial charge is 0.335 e. The minimum absolute atomic E-state index is 0.137. The zero-order chi connectivity index (χ0) is 18.0. The SMILES string of the molecule is CCOC(=O)C(c1ccccn1)n1cnc2ccc(Br)c(F)c2c1=O. The van der Waals surface area contributed by atoms with E-state index in [2.05, 4.69) is 25.9 Å². The second-order valence-corrected chi connectivity index (χ2v) is 5.98. The number of esters is 1. The topological polar surface area (TPSA) is 74.1 Å². The van der Waals surface area contributed by atoms with Crippen LogP contribution in [-0.4, -0.2) is 27.1 Å². The summed E-state index contributed by atoms with van der Waals surface area (Å²) >= 11 is 3.06. The van der Waals surface area contributed by atoms with Gasteiger partial charge in [0, 0.05) is 6.20 Å². The number of hydrogen-bond donors (Lipinski definition) is 0. The van der Waals surface area contributed by atoms with E-state index in [4.69, 9.17) is 4.74 Å². The molecular formula is C17H13BrFN3O3. The fourth-order valence-corrected chi connectivity index (χ4v) is 2.81. The third-order valence-electron chi connectivity index (χ3n) is 3.60. The van der Waals surface area contributed by atoms with Crippen molar-refractivity contribution in [3.8, 4) is 0 Å². The Labute approximate surface area is 150 Å². The minimum atomic E-state index is -1.15. The predicted molar refractivity (Wildman–Crippen MR) is 92.7 cm³/mol. The van der Waals surface area contributed by atoms with Crippen molar-refractivity contribution >= 4 is 32.8 Å². The van der Waals surface area contributed by atoms with E-state index in [1.54, 1.807) is 25.1 Å². The molecule has 128 valence electrons. The average Bonchev–Trinajstić information content (AvgIpc) is 2.61. The molecule has 0 N–H and O–H groups in total. The molecule has 6 nitrogen and oxygen atoms in total. The molecule has 1 aromatic carbocycles. The van der Waals surface area contributed by atoms with Crippen molar-refractivity contribution in [1.82, 2.24) is 14.5 Å². The largest absolute Gasteiger partial charge is 0.464 e. The Bertz CT molecular complexity index is 992. The molecule has 1 unspecified atom stereocenters. The molecule has 3 rings (SSSR count). The third kappa shape index (κ3) is 3.17. The number of carbonyl (C=O) groups excluding carboxylic acids is 1. The quantitative estimate of drug-likeness (QED) is 0.623. The maximum Gasteiger partial charge on any atom is 0.335 e. The van der Waals surface area contributed by atoms with Gasteiger partial charge in [0.1, 0.15) is 5.39 Å². The molecule has 0 aliphatic heterocycles. The predicted octanol–water partition coefficient (Wildman–Crippen LogP) is 2.85. The van der Waals surface area contributed by atoms with Crippen LogP contribution < -0.4 is 5.56 Å². The van der Waals surface area contributed by atoms with Gasteiger partial charge >= 0.3 is 5.97 Å². The van der Waals surface area contributed by atoms with Crippen molar-refractivity contribution in [3.05, 3.63) is 69.2 Å². The fraction of sp³-hybridized carbons (Fsp3) is 0.176. The Morgan fingerprint density at radius 3 is 2.80 bits per heavy atom. The molecular weight excluding hydrogens is 393 g/mol. The number of benzene rings is 1. The molecule has 0 bridgehead atoms. The highest BCUT2D eigenvalue weighted by Crippen LogP contribution is 2.23. The standard InChI is InChI=1S/C17H13BrFN3O3/c1-2-25-17(24)15(12-5-3-4-8-20-12)22-9-21-11-7-6-10(18)14(19)13(11)16(22)23/h3-9,15H,2H2,1H3. The maximum absolute atomic E-state index is 14.4. The number of hydrogen-bond acceptors (Lipinski definition) is 5. The summed E-state index contributed by atoms with van der Waals surface area (Å²) in [6.45, 7) is 1.80. The summed E-state index contributed by atoms with van der Waals surface area (Å²) < 4.78 is 20.7. The Balaban J connectivity index is 2.26. The van der Waals surface area contributed by atoms with Crippen LogP contribution in [0.3, 0.4) is 0 Å². The molecule has 8 heteroatoms. The van der Waals surface area contributed by atoms with Gasteiger partial charge in [-0.1, -0.05) is 6.07 Å². The highest BCUT2D eigenvalue weighted by Gasteiger charge is 2.27. The molecule has 0 spiro atoms. The first kappa shape index (κ1) is 17.2. The van der Waals surface area contributed by atoms with Crippen LogP contribution in [0.4, 0.5) is 4.39 Å². The van der Waals surface area contributed by atoms with E-state index in [9.17, 15) is 14.0 Å². The number of aromatic nitrogens is 3. The number of halogens is 2. The number of carbonyl (C=O) groups is 1. The molecule has 2 heterocycles. The number of ether oxygens (including phenoxy) is 1. The first-order chi connectivity index (χ1) is 12.0. The molecule has 2 aromatic heterocycles. The summed E-state index contributed by atoms with van der Waals surface area (Å²) in [5, 5.41) is -0.206. The van der Waals surface area contributed by atoms with Crippen molar-refractivity contribution in [1.29, 1.82) is 0 Å². The first-order valence-corrected chi connectivity index (χ1v) is 8.26. The number of nitrogens with zero attached hydrogens (tertiary/aromatic N) is 3. The van der Waals surface area contributed by atoms with Crippen molar-refractivity contribution in [3.63, 3.8) is 0 Å². The lowest BCUT2D eigenvalue weighted by Crippen LogP contribution is -2.33. The Morgan fingerprint density at radius 2 is 2.12 bits per heavy atom. The summed E-state index contributed by atoms with van der Waals surface area (Å²) in [6.07, 6.45) is 2.70. The molecule has 3 aromatic rings. The number of pyridine rings is 1. The average molecular weight is 406 g/mol. The van der Waals surface area contributed by atoms with E-state index in [1.807, 2.05) is 0 Å². The van der Waals surface area contributed by atoms with Gasteiger partial charge in [-0.25, -0.2) is 14.2 Å². The molecule has 25 heavy (non-hydrogen) atoms. The molecule has 0 fully saturated rings. The molecule has 0 radical (unpaired) electrons. The van der Waals surface area contributed by atoms with E-state index in [-0.39, 0.29) is 22.0 Å². The van der Waals surface area contributed by atoms with Crippen LogP contribution in [0.1, 0.15) is 18.7 Å². The van der Waals surface area contributed by atoms with Crippen molar-refractivity contribution in [2.45, 2.75) is 13.0 Å². The van der Waals surface area contributed by atoms with Crippen molar-refractivity contribution < 1.29 is 13.9 Å². The lowest BCUT2D eigenvalue weighted by molar-refractivity contribution is -0.145. The van der Waals surface area contributed by atoms with Crippen molar-refractivity contribution in [2.24, 2.45) is 0 Å². The summed E-state index contributed by atoms with van der Waals surface area (Å²) in [7, 11) is 0. The number of rotatable bonds is 4. The highest BCUT2D eigenvalue weighted by molar-refractivity contribution is 9.10. The van der Waals surface area contributed by atoms with E-state index >= 15 is 0 Å². The minimum Gasteiger partial charge on any atom is -0.464 e. The zero-order valence-electron chi connectivity index (χ0n) is 13.1. The van der Waals surface area contributed by atoms with Gasteiger partial charge in [-0.05, 0) is 47.1 Å². The second-order valence-electron chi connectivity index (χ2n) is 5.12. The second kappa shape index (κ2) is 7.10. The van der Waals surface area contributed by atoms with Gasteiger partial charge in [-0.3, -0.25) is 14.3 Å². The van der Waals surface area contributed by atoms with Gasteiger partial charge in [-0.2, -0.15) is 0 Å². The highest BCUT2D eigenvalue weighted by atomic mass is 79.9. The van der Waals surface area contributed by atoms with Gasteiger partial charge in [0.25, 0.3) is 5.56 Å². The Kier molecular flexibility index (Phi) is 4.89. The van der Waals surface area contributed by atoms with E-state index in [0.29, 0.717) is 5.69 Å². The summed E-state index contributed by atoms with van der Waals surface area (Å²) in [6, 6.07) is 6.80. The van der Waals surface area contributed by atoms with Gasteiger partial charge in [0.15, 0.2) is 11.9 Å².